The molecule has 6 nitrogen and oxygen atoms in total. The second-order valence-electron chi connectivity index (χ2n) is 10.2. The van der Waals surface area contributed by atoms with Crippen molar-refractivity contribution in [3.05, 3.63) is 82.5 Å². The molecular weight excluding hydrogens is 441 g/mol. The first kappa shape index (κ1) is 23.4. The highest BCUT2D eigenvalue weighted by Gasteiger charge is 2.34. The van der Waals surface area contributed by atoms with E-state index >= 15 is 0 Å². The van der Waals surface area contributed by atoms with Gasteiger partial charge in [-0.05, 0) is 86.4 Å². The van der Waals surface area contributed by atoms with Gasteiger partial charge in [-0.3, -0.25) is 10.2 Å². The van der Waals surface area contributed by atoms with Crippen LogP contribution < -0.4 is 15.8 Å². The van der Waals surface area contributed by atoms with E-state index in [0.717, 1.165) is 49.0 Å². The Morgan fingerprint density at radius 2 is 1.97 bits per heavy atom. The fourth-order valence-corrected chi connectivity index (χ4v) is 5.22. The molecule has 7 heteroatoms. The number of carbonyl (C=O) groups is 1. The van der Waals surface area contributed by atoms with Crippen LogP contribution in [0.1, 0.15) is 65.7 Å². The number of imidazole rings is 1. The Kier molecular flexibility index (Phi) is 6.26. The molecule has 3 aromatic rings. The Balaban J connectivity index is 1.47. The van der Waals surface area contributed by atoms with Gasteiger partial charge in [-0.15, -0.1) is 0 Å². The monoisotopic (exact) mass is 475 g/mol. The maximum absolute atomic E-state index is 13.9. The number of aromatic nitrogens is 2. The summed E-state index contributed by atoms with van der Waals surface area (Å²) in [7, 11) is 1.86. The summed E-state index contributed by atoms with van der Waals surface area (Å²) < 4.78 is 17.5. The highest BCUT2D eigenvalue weighted by molar-refractivity contribution is 5.95. The number of nitrogens with zero attached hydrogens (tertiary/aromatic N) is 3. The Morgan fingerprint density at radius 1 is 1.17 bits per heavy atom. The lowest BCUT2D eigenvalue weighted by molar-refractivity contribution is 0.0931. The molecule has 2 atom stereocenters. The SMILES string of the molecule is Cc1cc(C(NC(=O)c2cc(Cn3ccn(C)c3=N)cc(N3CCC[C@H]3C)c2)C2CC2)ccc1F. The molecule has 1 aromatic heterocycles. The van der Waals surface area contributed by atoms with E-state index in [2.05, 4.69) is 23.2 Å². The van der Waals surface area contributed by atoms with E-state index in [1.807, 2.05) is 42.2 Å². The summed E-state index contributed by atoms with van der Waals surface area (Å²) in [5, 5.41) is 11.6. The van der Waals surface area contributed by atoms with E-state index in [1.165, 1.54) is 6.07 Å². The minimum absolute atomic E-state index is 0.108. The van der Waals surface area contributed by atoms with E-state index < -0.39 is 0 Å². The molecule has 2 N–H and O–H groups in total. The summed E-state index contributed by atoms with van der Waals surface area (Å²) in [6, 6.07) is 11.5. The summed E-state index contributed by atoms with van der Waals surface area (Å²) in [6.45, 7) is 5.50. The van der Waals surface area contributed by atoms with Crippen molar-refractivity contribution >= 4 is 11.6 Å². The van der Waals surface area contributed by atoms with Crippen molar-refractivity contribution in [2.75, 3.05) is 11.4 Å². The minimum Gasteiger partial charge on any atom is -0.369 e. The second-order valence-corrected chi connectivity index (χ2v) is 10.2. The van der Waals surface area contributed by atoms with Crippen LogP contribution in [0.5, 0.6) is 0 Å². The molecule has 5 rings (SSSR count). The third-order valence-corrected chi connectivity index (χ3v) is 7.47. The van der Waals surface area contributed by atoms with E-state index in [4.69, 9.17) is 5.41 Å². The normalized spacial score (nSPS) is 18.6. The van der Waals surface area contributed by atoms with Crippen LogP contribution in [-0.4, -0.2) is 27.6 Å². The molecule has 2 fully saturated rings. The largest absolute Gasteiger partial charge is 0.369 e. The zero-order valence-corrected chi connectivity index (χ0v) is 20.7. The van der Waals surface area contributed by atoms with Crippen LogP contribution in [0.15, 0.2) is 48.8 Å². The molecule has 184 valence electrons. The third kappa shape index (κ3) is 4.90. The van der Waals surface area contributed by atoms with Crippen LogP contribution in [0.4, 0.5) is 10.1 Å². The third-order valence-electron chi connectivity index (χ3n) is 7.47. The predicted octanol–water partition coefficient (Wildman–Crippen LogP) is 4.67. The molecule has 0 bridgehead atoms. The number of carbonyl (C=O) groups excluding carboxylic acids is 1. The van der Waals surface area contributed by atoms with Gasteiger partial charge in [0.15, 0.2) is 0 Å². The quantitative estimate of drug-likeness (QED) is 0.522. The van der Waals surface area contributed by atoms with Gasteiger partial charge in [0.2, 0.25) is 5.62 Å². The number of amides is 1. The van der Waals surface area contributed by atoms with Gasteiger partial charge in [0.05, 0.1) is 12.6 Å². The maximum Gasteiger partial charge on any atom is 0.251 e. The second kappa shape index (κ2) is 9.36. The number of rotatable bonds is 7. The zero-order valence-electron chi connectivity index (χ0n) is 20.7. The van der Waals surface area contributed by atoms with Crippen molar-refractivity contribution < 1.29 is 9.18 Å². The number of anilines is 1. The molecule has 1 saturated heterocycles. The molecule has 1 aliphatic carbocycles. The van der Waals surface area contributed by atoms with Crippen molar-refractivity contribution in [2.24, 2.45) is 13.0 Å². The lowest BCUT2D eigenvalue weighted by Gasteiger charge is -2.26. The van der Waals surface area contributed by atoms with Crippen LogP contribution in [0.3, 0.4) is 0 Å². The average molecular weight is 476 g/mol. The van der Waals surface area contributed by atoms with Gasteiger partial charge < -0.3 is 19.4 Å². The molecule has 1 aliphatic heterocycles. The molecule has 2 aromatic carbocycles. The number of aryl methyl sites for hydroxylation is 2. The maximum atomic E-state index is 13.9. The van der Waals surface area contributed by atoms with E-state index in [-0.39, 0.29) is 17.8 Å². The average Bonchev–Trinajstić information content (AvgIpc) is 3.52. The van der Waals surface area contributed by atoms with Crippen molar-refractivity contribution in [2.45, 2.75) is 58.2 Å². The number of halogens is 1. The molecule has 1 amide bonds. The van der Waals surface area contributed by atoms with E-state index in [1.54, 1.807) is 17.6 Å². The molecule has 2 heterocycles. The molecule has 0 spiro atoms. The number of hydrogen-bond donors (Lipinski definition) is 2. The van der Waals surface area contributed by atoms with Crippen LogP contribution in [0, 0.1) is 24.1 Å². The van der Waals surface area contributed by atoms with Crippen LogP contribution in [0.2, 0.25) is 0 Å². The first-order chi connectivity index (χ1) is 16.8. The van der Waals surface area contributed by atoms with Gasteiger partial charge in [0.1, 0.15) is 5.82 Å². The van der Waals surface area contributed by atoms with Gasteiger partial charge in [-0.1, -0.05) is 12.1 Å². The zero-order chi connectivity index (χ0) is 24.7. The standard InChI is InChI=1S/C28H34FN5O/c1-18-13-22(8-9-25(18)29)26(21-6-7-21)31-27(35)23-14-20(17-33-12-11-32(3)28(33)30)15-24(16-23)34-10-4-5-19(34)2/h8-9,11-16,19,21,26,30H,4-7,10,17H2,1-3H3,(H,31,35)/t19-,26?/m1/s1. The smallest absolute Gasteiger partial charge is 0.251 e. The van der Waals surface area contributed by atoms with Crippen molar-refractivity contribution in [1.29, 1.82) is 5.41 Å². The fraction of sp³-hybridized carbons (Fsp3) is 0.429. The van der Waals surface area contributed by atoms with Crippen molar-refractivity contribution in [3.63, 3.8) is 0 Å². The molecule has 1 unspecified atom stereocenters. The summed E-state index contributed by atoms with van der Waals surface area (Å²) in [6.07, 6.45) is 8.18. The summed E-state index contributed by atoms with van der Waals surface area (Å²) >= 11 is 0. The van der Waals surface area contributed by atoms with E-state index in [0.29, 0.717) is 35.2 Å². The predicted molar refractivity (Wildman–Crippen MR) is 135 cm³/mol. The van der Waals surface area contributed by atoms with Crippen molar-refractivity contribution in [3.8, 4) is 0 Å². The first-order valence-corrected chi connectivity index (χ1v) is 12.5. The Morgan fingerprint density at radius 3 is 2.60 bits per heavy atom. The van der Waals surface area contributed by atoms with Crippen LogP contribution in [0.25, 0.3) is 0 Å². The Bertz CT molecular complexity index is 1300. The van der Waals surface area contributed by atoms with Crippen LogP contribution >= 0.6 is 0 Å². The lowest BCUT2D eigenvalue weighted by Crippen LogP contribution is -2.31. The summed E-state index contributed by atoms with van der Waals surface area (Å²) in [5.41, 5.74) is 4.66. The highest BCUT2D eigenvalue weighted by atomic mass is 19.1. The first-order valence-electron chi connectivity index (χ1n) is 12.5. The van der Waals surface area contributed by atoms with Crippen LogP contribution in [-0.2, 0) is 13.6 Å². The summed E-state index contributed by atoms with van der Waals surface area (Å²) in [4.78, 5) is 16.0. The molecule has 35 heavy (non-hydrogen) atoms. The fourth-order valence-electron chi connectivity index (χ4n) is 5.22. The topological polar surface area (TPSA) is 66.0 Å². The van der Waals surface area contributed by atoms with Gasteiger partial charge in [0, 0.05) is 43.3 Å². The van der Waals surface area contributed by atoms with E-state index in [9.17, 15) is 9.18 Å². The molecule has 0 radical (unpaired) electrons. The Hall–Kier alpha value is -3.35. The Labute approximate surface area is 205 Å². The number of hydrogen-bond acceptors (Lipinski definition) is 3. The number of nitrogens with one attached hydrogen (secondary N) is 2. The lowest BCUT2D eigenvalue weighted by atomic mass is 9.99. The summed E-state index contributed by atoms with van der Waals surface area (Å²) in [5.74, 6) is 0.0534. The van der Waals surface area contributed by atoms with Gasteiger partial charge >= 0.3 is 0 Å². The van der Waals surface area contributed by atoms with Gasteiger partial charge in [-0.2, -0.15) is 0 Å². The minimum atomic E-state index is -0.223. The highest BCUT2D eigenvalue weighted by Crippen LogP contribution is 2.41. The number of benzene rings is 2. The molecule has 2 aliphatic rings. The van der Waals surface area contributed by atoms with Gasteiger partial charge in [-0.25, -0.2) is 4.39 Å². The van der Waals surface area contributed by atoms with Gasteiger partial charge in [0.25, 0.3) is 5.91 Å². The van der Waals surface area contributed by atoms with Crippen molar-refractivity contribution in [1.82, 2.24) is 14.5 Å². The molecular formula is C28H34FN5O. The molecule has 1 saturated carbocycles.